The highest BCUT2D eigenvalue weighted by molar-refractivity contribution is 7.99. The first-order chi connectivity index (χ1) is 15.5. The van der Waals surface area contributed by atoms with Crippen LogP contribution in [-0.4, -0.2) is 41.9 Å². The Balaban J connectivity index is 1.53. The van der Waals surface area contributed by atoms with Crippen molar-refractivity contribution in [1.82, 2.24) is 9.88 Å². The van der Waals surface area contributed by atoms with E-state index in [1.54, 1.807) is 36.0 Å². The first-order valence-electron chi connectivity index (χ1n) is 10.5. The van der Waals surface area contributed by atoms with E-state index in [1.807, 2.05) is 48.5 Å². The molecule has 0 radical (unpaired) electrons. The molecule has 4 rings (SSSR count). The van der Waals surface area contributed by atoms with E-state index in [0.29, 0.717) is 25.9 Å². The van der Waals surface area contributed by atoms with Crippen LogP contribution in [0.1, 0.15) is 18.4 Å². The molecule has 0 spiro atoms. The fraction of sp³-hybridized carbons (Fsp3) is 0.240. The zero-order valence-electron chi connectivity index (χ0n) is 17.9. The van der Waals surface area contributed by atoms with Gasteiger partial charge in [0.2, 0.25) is 11.8 Å². The van der Waals surface area contributed by atoms with Crippen molar-refractivity contribution in [2.75, 3.05) is 20.2 Å². The van der Waals surface area contributed by atoms with Crippen molar-refractivity contribution in [3.05, 3.63) is 66.4 Å². The topological polar surface area (TPSA) is 85.5 Å². The summed E-state index contributed by atoms with van der Waals surface area (Å²) in [5.41, 5.74) is 7.11. The Kier molecular flexibility index (Phi) is 6.75. The minimum absolute atomic E-state index is 0.0631. The van der Waals surface area contributed by atoms with Gasteiger partial charge in [0.05, 0.1) is 12.6 Å². The Morgan fingerprint density at radius 2 is 1.97 bits per heavy atom. The number of primary amides is 1. The molecule has 6 nitrogen and oxygen atoms in total. The van der Waals surface area contributed by atoms with Crippen LogP contribution in [0.3, 0.4) is 0 Å². The molecular formula is C25H25N3O3S. The van der Waals surface area contributed by atoms with Crippen LogP contribution < -0.4 is 10.5 Å². The van der Waals surface area contributed by atoms with Gasteiger partial charge in [0.25, 0.3) is 0 Å². The van der Waals surface area contributed by atoms with Crippen molar-refractivity contribution >= 4 is 40.6 Å². The number of aromatic nitrogens is 1. The van der Waals surface area contributed by atoms with Crippen molar-refractivity contribution < 1.29 is 14.3 Å². The average Bonchev–Trinajstić information content (AvgIpc) is 2.83. The number of methoxy groups -OCH3 is 1. The Labute approximate surface area is 191 Å². The molecule has 0 bridgehead atoms. The Hall–Kier alpha value is -3.32. The van der Waals surface area contributed by atoms with Gasteiger partial charge in [0.1, 0.15) is 5.75 Å². The molecule has 2 heterocycles. The number of benzene rings is 2. The SMILES string of the molecule is COc1cccc(Sc2ccc(/C=C/C(=O)N3CCC(C(N)=O)CC3)c3ncccc23)c1. The number of amides is 2. The van der Waals surface area contributed by atoms with Crippen LogP contribution in [0.15, 0.2) is 70.6 Å². The summed E-state index contributed by atoms with van der Waals surface area (Å²) in [5.74, 6) is 0.338. The first kappa shape index (κ1) is 21.9. The predicted octanol–water partition coefficient (Wildman–Crippen LogP) is 4.13. The summed E-state index contributed by atoms with van der Waals surface area (Å²) in [4.78, 5) is 32.5. The lowest BCUT2D eigenvalue weighted by atomic mass is 9.96. The summed E-state index contributed by atoms with van der Waals surface area (Å²) in [5, 5.41) is 1.03. The van der Waals surface area contributed by atoms with Crippen molar-refractivity contribution in [2.45, 2.75) is 22.6 Å². The van der Waals surface area contributed by atoms with Crippen LogP contribution in [0.5, 0.6) is 5.75 Å². The highest BCUT2D eigenvalue weighted by atomic mass is 32.2. The molecule has 32 heavy (non-hydrogen) atoms. The molecule has 1 fully saturated rings. The number of hydrogen-bond acceptors (Lipinski definition) is 5. The lowest BCUT2D eigenvalue weighted by Crippen LogP contribution is -2.41. The number of fused-ring (bicyclic) bond motifs is 1. The van der Waals surface area contributed by atoms with Gasteiger partial charge in [-0.2, -0.15) is 0 Å². The number of hydrogen-bond donors (Lipinski definition) is 1. The van der Waals surface area contributed by atoms with Gasteiger partial charge in [-0.25, -0.2) is 0 Å². The van der Waals surface area contributed by atoms with E-state index in [0.717, 1.165) is 32.0 Å². The van der Waals surface area contributed by atoms with Gasteiger partial charge in [0.15, 0.2) is 0 Å². The summed E-state index contributed by atoms with van der Waals surface area (Å²) in [7, 11) is 1.66. The summed E-state index contributed by atoms with van der Waals surface area (Å²) >= 11 is 1.65. The van der Waals surface area contributed by atoms with E-state index in [-0.39, 0.29) is 17.7 Å². The number of carbonyl (C=O) groups excluding carboxylic acids is 2. The van der Waals surface area contributed by atoms with Crippen molar-refractivity contribution in [1.29, 1.82) is 0 Å². The monoisotopic (exact) mass is 447 g/mol. The summed E-state index contributed by atoms with van der Waals surface area (Å²) in [6.07, 6.45) is 6.40. The number of pyridine rings is 1. The molecule has 164 valence electrons. The molecule has 0 unspecified atom stereocenters. The average molecular weight is 448 g/mol. The Morgan fingerprint density at radius 1 is 1.16 bits per heavy atom. The van der Waals surface area contributed by atoms with E-state index >= 15 is 0 Å². The molecule has 1 aliphatic rings. The van der Waals surface area contributed by atoms with Crippen LogP contribution >= 0.6 is 11.8 Å². The molecule has 1 aromatic heterocycles. The number of likely N-dealkylation sites (tertiary alicyclic amines) is 1. The molecule has 1 aliphatic heterocycles. The highest BCUT2D eigenvalue weighted by Gasteiger charge is 2.24. The van der Waals surface area contributed by atoms with Crippen LogP contribution in [0.25, 0.3) is 17.0 Å². The maximum absolute atomic E-state index is 12.6. The zero-order chi connectivity index (χ0) is 22.5. The van der Waals surface area contributed by atoms with Gasteiger partial charge >= 0.3 is 0 Å². The second kappa shape index (κ2) is 9.87. The number of nitrogens with zero attached hydrogens (tertiary/aromatic N) is 2. The lowest BCUT2D eigenvalue weighted by molar-refractivity contribution is -0.130. The van der Waals surface area contributed by atoms with Gasteiger partial charge in [-0.05, 0) is 49.2 Å². The Bertz CT molecular complexity index is 1170. The minimum atomic E-state index is -0.280. The van der Waals surface area contributed by atoms with Gasteiger partial charge in [-0.15, -0.1) is 0 Å². The smallest absolute Gasteiger partial charge is 0.246 e. The van der Waals surface area contributed by atoms with Crippen molar-refractivity contribution in [3.8, 4) is 5.75 Å². The molecular weight excluding hydrogens is 422 g/mol. The summed E-state index contributed by atoms with van der Waals surface area (Å²) in [6.45, 7) is 1.10. The zero-order valence-corrected chi connectivity index (χ0v) is 18.7. The van der Waals surface area contributed by atoms with E-state index in [4.69, 9.17) is 10.5 Å². The summed E-state index contributed by atoms with van der Waals surface area (Å²) < 4.78 is 5.33. The van der Waals surface area contributed by atoms with E-state index in [9.17, 15) is 9.59 Å². The fourth-order valence-electron chi connectivity index (χ4n) is 3.83. The van der Waals surface area contributed by atoms with Crippen molar-refractivity contribution in [2.24, 2.45) is 11.7 Å². The largest absolute Gasteiger partial charge is 0.497 e. The Morgan fingerprint density at radius 3 is 2.72 bits per heavy atom. The minimum Gasteiger partial charge on any atom is -0.497 e. The quantitative estimate of drug-likeness (QED) is 0.574. The lowest BCUT2D eigenvalue weighted by Gasteiger charge is -2.29. The van der Waals surface area contributed by atoms with E-state index in [2.05, 4.69) is 11.1 Å². The molecule has 0 atom stereocenters. The second-order valence-corrected chi connectivity index (χ2v) is 8.78. The normalized spacial score (nSPS) is 14.7. The number of carbonyl (C=O) groups is 2. The maximum atomic E-state index is 12.6. The molecule has 7 heteroatoms. The van der Waals surface area contributed by atoms with Crippen LogP contribution in [0, 0.1) is 5.92 Å². The van der Waals surface area contributed by atoms with E-state index in [1.165, 1.54) is 0 Å². The van der Waals surface area contributed by atoms with Gasteiger partial charge < -0.3 is 15.4 Å². The van der Waals surface area contributed by atoms with Gasteiger partial charge in [0, 0.05) is 52.0 Å². The number of nitrogens with two attached hydrogens (primary N) is 1. The molecule has 1 saturated heterocycles. The number of ether oxygens (including phenoxy) is 1. The van der Waals surface area contributed by atoms with Crippen molar-refractivity contribution in [3.63, 3.8) is 0 Å². The number of rotatable bonds is 6. The van der Waals surface area contributed by atoms with Gasteiger partial charge in [-0.3, -0.25) is 14.6 Å². The maximum Gasteiger partial charge on any atom is 0.246 e. The molecule has 0 saturated carbocycles. The standard InChI is InChI=1S/C25H25N3O3S/c1-31-19-4-2-5-20(16-19)32-22-9-7-17(24-21(22)6-3-13-27-24)8-10-23(29)28-14-11-18(12-15-28)25(26)30/h2-10,13,16,18H,11-12,14-15H2,1H3,(H2,26,30)/b10-8+. The molecule has 2 aromatic carbocycles. The van der Waals surface area contributed by atoms with Crippen LogP contribution in [0.4, 0.5) is 0 Å². The first-order valence-corrected chi connectivity index (χ1v) is 11.3. The third-order valence-corrected chi connectivity index (χ3v) is 6.71. The highest BCUT2D eigenvalue weighted by Crippen LogP contribution is 2.35. The third-order valence-electron chi connectivity index (χ3n) is 5.64. The molecule has 2 N–H and O–H groups in total. The molecule has 2 amide bonds. The van der Waals surface area contributed by atoms with Crippen LogP contribution in [-0.2, 0) is 9.59 Å². The third kappa shape index (κ3) is 4.94. The van der Waals surface area contributed by atoms with Crippen LogP contribution in [0.2, 0.25) is 0 Å². The molecule has 3 aromatic rings. The fourth-order valence-corrected chi connectivity index (χ4v) is 4.82. The van der Waals surface area contributed by atoms with Gasteiger partial charge in [-0.1, -0.05) is 30.0 Å². The predicted molar refractivity (Wildman–Crippen MR) is 126 cm³/mol. The summed E-state index contributed by atoms with van der Waals surface area (Å²) in [6, 6.07) is 15.9. The van der Waals surface area contributed by atoms with E-state index < -0.39 is 0 Å². The second-order valence-electron chi connectivity index (χ2n) is 7.67. The molecule has 0 aliphatic carbocycles. The number of piperidine rings is 1.